The minimum Gasteiger partial charge on any atom is -0.323 e. The molecule has 1 aromatic rings. The van der Waals surface area contributed by atoms with E-state index in [0.29, 0.717) is 5.56 Å². The molecule has 0 amide bonds. The molecule has 0 bridgehead atoms. The summed E-state index contributed by atoms with van der Waals surface area (Å²) in [6.45, 7) is 1.85. The summed E-state index contributed by atoms with van der Waals surface area (Å²) in [5, 5.41) is 8.43. The molecule has 1 rings (SSSR count). The molecule has 1 unspecified atom stereocenters. The van der Waals surface area contributed by atoms with Gasteiger partial charge in [-0.1, -0.05) is 6.07 Å². The molecule has 2 nitrogen and oxygen atoms in total. The molecule has 0 aliphatic carbocycles. The monoisotopic (exact) mass is 178 g/mol. The van der Waals surface area contributed by atoms with Crippen LogP contribution in [0, 0.1) is 24.1 Å². The summed E-state index contributed by atoms with van der Waals surface area (Å²) >= 11 is 0. The molecule has 0 aliphatic heterocycles. The van der Waals surface area contributed by atoms with Crippen molar-refractivity contribution in [3.05, 3.63) is 35.1 Å². The van der Waals surface area contributed by atoms with E-state index in [9.17, 15) is 4.39 Å². The summed E-state index contributed by atoms with van der Waals surface area (Å²) in [6, 6.07) is 6.02. The lowest BCUT2D eigenvalue weighted by Gasteiger charge is -2.10. The lowest BCUT2D eigenvalue weighted by Crippen LogP contribution is -2.11. The third-order valence-corrected chi connectivity index (χ3v) is 1.95. The molecule has 0 heterocycles. The Bertz CT molecular complexity index is 341. The zero-order valence-electron chi connectivity index (χ0n) is 7.42. The molecular formula is C10H11FN2. The molecule has 0 saturated carbocycles. The van der Waals surface area contributed by atoms with Crippen molar-refractivity contribution in [2.45, 2.75) is 19.4 Å². The van der Waals surface area contributed by atoms with E-state index < -0.39 is 0 Å². The fourth-order valence-corrected chi connectivity index (χ4v) is 1.22. The van der Waals surface area contributed by atoms with Crippen molar-refractivity contribution >= 4 is 0 Å². The number of nitrogens with two attached hydrogens (primary N) is 1. The smallest absolute Gasteiger partial charge is 0.123 e. The van der Waals surface area contributed by atoms with Gasteiger partial charge in [0.1, 0.15) is 5.82 Å². The van der Waals surface area contributed by atoms with Crippen LogP contribution in [0.4, 0.5) is 4.39 Å². The second-order valence-corrected chi connectivity index (χ2v) is 2.97. The van der Waals surface area contributed by atoms with Crippen LogP contribution < -0.4 is 5.73 Å². The van der Waals surface area contributed by atoms with Gasteiger partial charge < -0.3 is 5.73 Å². The largest absolute Gasteiger partial charge is 0.323 e. The Morgan fingerprint density at radius 3 is 2.92 bits per heavy atom. The van der Waals surface area contributed by atoms with Gasteiger partial charge in [0.15, 0.2) is 0 Å². The van der Waals surface area contributed by atoms with Gasteiger partial charge >= 0.3 is 0 Å². The van der Waals surface area contributed by atoms with Gasteiger partial charge in [0, 0.05) is 6.04 Å². The fraction of sp³-hybridized carbons (Fsp3) is 0.300. The summed E-state index contributed by atoms with van der Waals surface area (Å²) in [5.41, 5.74) is 7.32. The zero-order chi connectivity index (χ0) is 9.84. The Morgan fingerprint density at radius 1 is 1.62 bits per heavy atom. The van der Waals surface area contributed by atoms with E-state index in [4.69, 9.17) is 11.0 Å². The molecule has 3 heteroatoms. The molecule has 0 spiro atoms. The van der Waals surface area contributed by atoms with Gasteiger partial charge in [0.25, 0.3) is 0 Å². The standard InChI is InChI=1S/C10H11FN2/c1-7-2-3-8(11)6-9(7)10(13)4-5-12/h2-3,6,10H,4,13H2,1H3. The van der Waals surface area contributed by atoms with E-state index in [1.807, 2.05) is 13.0 Å². The van der Waals surface area contributed by atoms with Crippen molar-refractivity contribution in [2.24, 2.45) is 5.73 Å². The number of rotatable bonds is 2. The summed E-state index contributed by atoms with van der Waals surface area (Å²) in [4.78, 5) is 0. The van der Waals surface area contributed by atoms with Crippen LogP contribution in [0.15, 0.2) is 18.2 Å². The van der Waals surface area contributed by atoms with Crippen LogP contribution in [-0.4, -0.2) is 0 Å². The maximum Gasteiger partial charge on any atom is 0.123 e. The number of aryl methyl sites for hydroxylation is 1. The van der Waals surface area contributed by atoms with Gasteiger partial charge in [-0.3, -0.25) is 0 Å². The molecule has 0 fully saturated rings. The second-order valence-electron chi connectivity index (χ2n) is 2.97. The second kappa shape index (κ2) is 4.01. The van der Waals surface area contributed by atoms with Crippen LogP contribution in [0.1, 0.15) is 23.6 Å². The molecule has 0 saturated heterocycles. The van der Waals surface area contributed by atoms with E-state index in [-0.39, 0.29) is 18.3 Å². The Kier molecular flexibility index (Phi) is 2.99. The van der Waals surface area contributed by atoms with E-state index in [1.165, 1.54) is 12.1 Å². The SMILES string of the molecule is Cc1ccc(F)cc1C(N)CC#N. The van der Waals surface area contributed by atoms with E-state index in [2.05, 4.69) is 0 Å². The first-order valence-corrected chi connectivity index (χ1v) is 4.03. The Balaban J connectivity index is 3.00. The highest BCUT2D eigenvalue weighted by Gasteiger charge is 2.08. The Morgan fingerprint density at radius 2 is 2.31 bits per heavy atom. The van der Waals surface area contributed by atoms with Crippen LogP contribution in [0.2, 0.25) is 0 Å². The minimum atomic E-state index is -0.388. The molecule has 1 aromatic carbocycles. The highest BCUT2D eigenvalue weighted by molar-refractivity contribution is 5.29. The van der Waals surface area contributed by atoms with Gasteiger partial charge in [-0.15, -0.1) is 0 Å². The van der Waals surface area contributed by atoms with Gasteiger partial charge in [-0.25, -0.2) is 4.39 Å². The zero-order valence-corrected chi connectivity index (χ0v) is 7.42. The average molecular weight is 178 g/mol. The number of hydrogen-bond donors (Lipinski definition) is 1. The molecule has 2 N–H and O–H groups in total. The van der Waals surface area contributed by atoms with Crippen LogP contribution in [-0.2, 0) is 0 Å². The van der Waals surface area contributed by atoms with Crippen molar-refractivity contribution in [3.63, 3.8) is 0 Å². The molecular weight excluding hydrogens is 167 g/mol. The minimum absolute atomic E-state index is 0.213. The molecule has 0 aliphatic rings. The van der Waals surface area contributed by atoms with E-state index >= 15 is 0 Å². The van der Waals surface area contributed by atoms with Crippen molar-refractivity contribution in [2.75, 3.05) is 0 Å². The topological polar surface area (TPSA) is 49.8 Å². The summed E-state index contributed by atoms with van der Waals surface area (Å²) < 4.78 is 12.8. The number of benzene rings is 1. The van der Waals surface area contributed by atoms with Crippen LogP contribution >= 0.6 is 0 Å². The lowest BCUT2D eigenvalue weighted by molar-refractivity contribution is 0.619. The lowest BCUT2D eigenvalue weighted by atomic mass is 10.00. The third-order valence-electron chi connectivity index (χ3n) is 1.95. The number of hydrogen-bond acceptors (Lipinski definition) is 2. The van der Waals surface area contributed by atoms with Gasteiger partial charge in [0.05, 0.1) is 12.5 Å². The molecule has 0 radical (unpaired) electrons. The van der Waals surface area contributed by atoms with Gasteiger partial charge in [0.2, 0.25) is 0 Å². The average Bonchev–Trinajstić information content (AvgIpc) is 2.09. The first-order chi connectivity index (χ1) is 6.15. The number of nitriles is 1. The number of halogens is 1. The summed E-state index contributed by atoms with van der Waals surface area (Å²) in [7, 11) is 0. The quantitative estimate of drug-likeness (QED) is 0.753. The first-order valence-electron chi connectivity index (χ1n) is 4.03. The maximum absolute atomic E-state index is 12.8. The van der Waals surface area contributed by atoms with Crippen molar-refractivity contribution < 1.29 is 4.39 Å². The third kappa shape index (κ3) is 2.27. The summed E-state index contributed by atoms with van der Waals surface area (Å²) in [6.07, 6.45) is 0.213. The maximum atomic E-state index is 12.8. The van der Waals surface area contributed by atoms with Gasteiger partial charge in [-0.2, -0.15) is 5.26 Å². The molecule has 0 aromatic heterocycles. The Labute approximate surface area is 76.8 Å². The van der Waals surface area contributed by atoms with Crippen molar-refractivity contribution in [1.82, 2.24) is 0 Å². The molecule has 1 atom stereocenters. The van der Waals surface area contributed by atoms with Crippen LogP contribution in [0.25, 0.3) is 0 Å². The summed E-state index contributed by atoms with van der Waals surface area (Å²) in [5.74, 6) is -0.311. The van der Waals surface area contributed by atoms with E-state index in [1.54, 1.807) is 6.07 Å². The molecule has 13 heavy (non-hydrogen) atoms. The highest BCUT2D eigenvalue weighted by Crippen LogP contribution is 2.18. The molecule has 68 valence electrons. The first kappa shape index (κ1) is 9.69. The normalized spacial score (nSPS) is 12.2. The predicted octanol–water partition coefficient (Wildman–Crippen LogP) is 2.05. The van der Waals surface area contributed by atoms with Gasteiger partial charge in [-0.05, 0) is 30.2 Å². The van der Waals surface area contributed by atoms with Crippen LogP contribution in [0.5, 0.6) is 0 Å². The van der Waals surface area contributed by atoms with Crippen LogP contribution in [0.3, 0.4) is 0 Å². The van der Waals surface area contributed by atoms with Crippen molar-refractivity contribution in [3.8, 4) is 6.07 Å². The highest BCUT2D eigenvalue weighted by atomic mass is 19.1. The van der Waals surface area contributed by atoms with Crippen molar-refractivity contribution in [1.29, 1.82) is 5.26 Å². The fourth-order valence-electron chi connectivity index (χ4n) is 1.22. The number of nitrogens with zero attached hydrogens (tertiary/aromatic N) is 1. The Hall–Kier alpha value is -1.40. The predicted molar refractivity (Wildman–Crippen MR) is 48.3 cm³/mol. The van der Waals surface area contributed by atoms with E-state index in [0.717, 1.165) is 5.56 Å².